The van der Waals surface area contributed by atoms with Crippen LogP contribution < -0.4 is 10.1 Å². The first kappa shape index (κ1) is 19.4. The average molecular weight is 410 g/mol. The van der Waals surface area contributed by atoms with Crippen LogP contribution in [0.5, 0.6) is 5.75 Å². The Hall–Kier alpha value is -2.93. The fraction of sp³-hybridized carbons (Fsp3) is 0.273. The number of methoxy groups -OCH3 is 1. The smallest absolute Gasteiger partial charge is 0.239 e. The summed E-state index contributed by atoms with van der Waals surface area (Å²) < 4.78 is 5.28. The summed E-state index contributed by atoms with van der Waals surface area (Å²) in [4.78, 5) is 29.2. The zero-order valence-corrected chi connectivity index (χ0v) is 17.0. The van der Waals surface area contributed by atoms with Gasteiger partial charge >= 0.3 is 0 Å². The molecule has 29 heavy (non-hydrogen) atoms. The third-order valence-corrected chi connectivity index (χ3v) is 6.12. The molecule has 1 aliphatic heterocycles. The molecule has 3 aromatic rings. The minimum absolute atomic E-state index is 0.0217. The second kappa shape index (κ2) is 8.61. The molecule has 1 aromatic heterocycles. The van der Waals surface area contributed by atoms with Crippen molar-refractivity contribution in [3.63, 3.8) is 0 Å². The Labute approximate surface area is 173 Å². The number of hydrogen-bond acceptors (Lipinski definition) is 4. The molecule has 7 heteroatoms. The van der Waals surface area contributed by atoms with Gasteiger partial charge in [-0.3, -0.25) is 9.59 Å². The van der Waals surface area contributed by atoms with Crippen molar-refractivity contribution in [2.24, 2.45) is 0 Å². The summed E-state index contributed by atoms with van der Waals surface area (Å²) >= 11 is 1.54. The molecule has 4 rings (SSSR count). The van der Waals surface area contributed by atoms with E-state index >= 15 is 0 Å². The van der Waals surface area contributed by atoms with Crippen molar-refractivity contribution in [2.75, 3.05) is 31.8 Å². The molecule has 1 atom stereocenters. The minimum Gasteiger partial charge on any atom is -0.497 e. The zero-order valence-electron chi connectivity index (χ0n) is 16.2. The van der Waals surface area contributed by atoms with E-state index in [4.69, 9.17) is 4.74 Å². The van der Waals surface area contributed by atoms with Gasteiger partial charge in [0.2, 0.25) is 11.8 Å². The molecule has 1 aliphatic rings. The number of aromatic amines is 1. The molecule has 2 heterocycles. The summed E-state index contributed by atoms with van der Waals surface area (Å²) in [6.45, 7) is 0.553. The Bertz CT molecular complexity index is 1020. The Kier molecular flexibility index (Phi) is 5.76. The monoisotopic (exact) mass is 409 g/mol. The number of para-hydroxylation sites is 1. The van der Waals surface area contributed by atoms with Crippen LogP contribution in [0, 0.1) is 0 Å². The van der Waals surface area contributed by atoms with Crippen LogP contribution in [0.2, 0.25) is 0 Å². The van der Waals surface area contributed by atoms with E-state index in [1.807, 2.05) is 48.7 Å². The average Bonchev–Trinajstić information content (AvgIpc) is 3.35. The Morgan fingerprint density at radius 2 is 2.03 bits per heavy atom. The molecule has 0 spiro atoms. The number of aromatic nitrogens is 1. The van der Waals surface area contributed by atoms with Gasteiger partial charge in [0.15, 0.2) is 0 Å². The molecule has 0 saturated carbocycles. The van der Waals surface area contributed by atoms with E-state index in [0.717, 1.165) is 27.8 Å². The van der Waals surface area contributed by atoms with Crippen LogP contribution in [0.15, 0.2) is 54.7 Å². The number of carbonyl (C=O) groups excluding carboxylic acids is 2. The number of fused-ring (bicyclic) bond motifs is 1. The van der Waals surface area contributed by atoms with E-state index in [1.54, 1.807) is 12.0 Å². The van der Waals surface area contributed by atoms with Gasteiger partial charge < -0.3 is 19.9 Å². The largest absolute Gasteiger partial charge is 0.497 e. The van der Waals surface area contributed by atoms with Gasteiger partial charge in [0, 0.05) is 29.6 Å². The molecule has 2 amide bonds. The SMILES string of the molecule is COc1ccc([C@@H](CNC(=O)CN2CSCC2=O)c2c[nH]c3ccccc23)cc1. The Balaban J connectivity index is 1.56. The first-order valence-corrected chi connectivity index (χ1v) is 10.6. The zero-order chi connectivity index (χ0) is 20.2. The van der Waals surface area contributed by atoms with Gasteiger partial charge in [-0.2, -0.15) is 0 Å². The van der Waals surface area contributed by atoms with Crippen LogP contribution >= 0.6 is 11.8 Å². The molecule has 0 aliphatic carbocycles. The molecule has 2 N–H and O–H groups in total. The molecule has 1 fully saturated rings. The van der Waals surface area contributed by atoms with Crippen molar-refractivity contribution in [1.82, 2.24) is 15.2 Å². The van der Waals surface area contributed by atoms with Gasteiger partial charge in [0.1, 0.15) is 12.3 Å². The summed E-state index contributed by atoms with van der Waals surface area (Å²) in [6, 6.07) is 16.0. The molecular weight excluding hydrogens is 386 g/mol. The lowest BCUT2D eigenvalue weighted by Gasteiger charge is -2.20. The quantitative estimate of drug-likeness (QED) is 0.629. The number of hydrogen-bond donors (Lipinski definition) is 2. The number of carbonyl (C=O) groups is 2. The van der Waals surface area contributed by atoms with Crippen LogP contribution in [0.25, 0.3) is 10.9 Å². The van der Waals surface area contributed by atoms with E-state index in [1.165, 1.54) is 11.8 Å². The van der Waals surface area contributed by atoms with Gasteiger partial charge in [-0.05, 0) is 29.3 Å². The van der Waals surface area contributed by atoms with Gasteiger partial charge in [-0.25, -0.2) is 0 Å². The predicted molar refractivity (Wildman–Crippen MR) is 115 cm³/mol. The summed E-state index contributed by atoms with van der Waals surface area (Å²) in [5.41, 5.74) is 3.27. The Morgan fingerprint density at radius 3 is 2.76 bits per heavy atom. The lowest BCUT2D eigenvalue weighted by Crippen LogP contribution is -2.39. The summed E-state index contributed by atoms with van der Waals surface area (Å²) in [6.07, 6.45) is 2.01. The number of rotatable bonds is 7. The first-order valence-electron chi connectivity index (χ1n) is 9.48. The van der Waals surface area contributed by atoms with Crippen LogP contribution in [0.4, 0.5) is 0 Å². The standard InChI is InChI=1S/C22H23N3O3S/c1-28-16-8-6-15(7-9-16)18(19-11-23-20-5-3-2-4-17(19)20)10-24-21(26)12-25-14-29-13-22(25)27/h2-9,11,18,23H,10,12-14H2,1H3,(H,24,26)/t18-/m1/s1. The summed E-state index contributed by atoms with van der Waals surface area (Å²) in [7, 11) is 1.64. The molecule has 150 valence electrons. The number of nitrogens with zero attached hydrogens (tertiary/aromatic N) is 1. The van der Waals surface area contributed by atoms with Crippen LogP contribution in [0.3, 0.4) is 0 Å². The van der Waals surface area contributed by atoms with Crippen LogP contribution in [-0.2, 0) is 9.59 Å². The van der Waals surface area contributed by atoms with E-state index in [9.17, 15) is 9.59 Å². The lowest BCUT2D eigenvalue weighted by atomic mass is 9.90. The van der Waals surface area contributed by atoms with Gasteiger partial charge in [-0.1, -0.05) is 30.3 Å². The van der Waals surface area contributed by atoms with Crippen LogP contribution in [0.1, 0.15) is 17.0 Å². The normalized spacial score (nSPS) is 14.9. The third-order valence-electron chi connectivity index (χ3n) is 5.18. The fourth-order valence-corrected chi connectivity index (χ4v) is 4.52. The summed E-state index contributed by atoms with van der Waals surface area (Å²) in [5, 5.41) is 4.16. The van der Waals surface area contributed by atoms with Gasteiger partial charge in [0.05, 0.1) is 18.7 Å². The highest BCUT2D eigenvalue weighted by molar-refractivity contribution is 8.00. The molecule has 2 aromatic carbocycles. The van der Waals surface area contributed by atoms with E-state index in [-0.39, 0.29) is 24.3 Å². The maximum Gasteiger partial charge on any atom is 0.239 e. The van der Waals surface area contributed by atoms with Crippen molar-refractivity contribution >= 4 is 34.5 Å². The number of benzene rings is 2. The fourth-order valence-electron chi connectivity index (χ4n) is 3.61. The topological polar surface area (TPSA) is 74.4 Å². The molecule has 0 bridgehead atoms. The second-order valence-electron chi connectivity index (χ2n) is 6.99. The van der Waals surface area contributed by atoms with Crippen LogP contribution in [-0.4, -0.2) is 53.5 Å². The number of nitrogens with one attached hydrogen (secondary N) is 2. The van der Waals surface area contributed by atoms with Gasteiger partial charge in [0.25, 0.3) is 0 Å². The Morgan fingerprint density at radius 1 is 1.24 bits per heavy atom. The summed E-state index contributed by atoms with van der Waals surface area (Å²) in [5.74, 6) is 1.69. The maximum absolute atomic E-state index is 12.5. The lowest BCUT2D eigenvalue weighted by molar-refractivity contribution is -0.132. The highest BCUT2D eigenvalue weighted by atomic mass is 32.2. The molecule has 0 unspecified atom stereocenters. The number of H-pyrrole nitrogens is 1. The first-order chi connectivity index (χ1) is 14.2. The second-order valence-corrected chi connectivity index (χ2v) is 7.94. The maximum atomic E-state index is 12.5. The molecule has 0 radical (unpaired) electrons. The number of thioether (sulfide) groups is 1. The molecular formula is C22H23N3O3S. The van der Waals surface area contributed by atoms with Crippen molar-refractivity contribution < 1.29 is 14.3 Å². The highest BCUT2D eigenvalue weighted by Gasteiger charge is 2.24. The third kappa shape index (κ3) is 4.24. The van der Waals surface area contributed by atoms with E-state index in [2.05, 4.69) is 16.4 Å². The minimum atomic E-state index is -0.140. The molecule has 1 saturated heterocycles. The number of ether oxygens (including phenoxy) is 1. The van der Waals surface area contributed by atoms with Crippen molar-refractivity contribution in [1.29, 1.82) is 0 Å². The molecule has 6 nitrogen and oxygen atoms in total. The van der Waals surface area contributed by atoms with Crippen molar-refractivity contribution in [3.05, 3.63) is 65.9 Å². The van der Waals surface area contributed by atoms with Crippen molar-refractivity contribution in [3.8, 4) is 5.75 Å². The van der Waals surface area contributed by atoms with Gasteiger partial charge in [-0.15, -0.1) is 11.8 Å². The predicted octanol–water partition coefficient (Wildman–Crippen LogP) is 2.96. The van der Waals surface area contributed by atoms with E-state index < -0.39 is 0 Å². The van der Waals surface area contributed by atoms with E-state index in [0.29, 0.717) is 18.2 Å². The highest BCUT2D eigenvalue weighted by Crippen LogP contribution is 2.31. The van der Waals surface area contributed by atoms with Crippen molar-refractivity contribution in [2.45, 2.75) is 5.92 Å². The number of amides is 2.